The molecule has 0 aliphatic heterocycles. The minimum absolute atomic E-state index is 0.120. The standard InChI is InChI=1S/C13H10F3N5O2S/c1-2-23-8-6-4-3-5-7(8)17-9(22)10-20-21-11(13(14,15)16)18-19-12(21)24-10/h3-6H,2H2,1H3,(H,17,22). The summed E-state index contributed by atoms with van der Waals surface area (Å²) in [5, 5.41) is 12.5. The first-order valence-corrected chi connectivity index (χ1v) is 7.54. The molecule has 0 bridgehead atoms. The van der Waals surface area contributed by atoms with E-state index >= 15 is 0 Å². The number of hydrogen-bond acceptors (Lipinski definition) is 6. The molecule has 3 aromatic rings. The molecule has 24 heavy (non-hydrogen) atoms. The van der Waals surface area contributed by atoms with Gasteiger partial charge in [0.15, 0.2) is 0 Å². The quantitative estimate of drug-likeness (QED) is 0.776. The van der Waals surface area contributed by atoms with Crippen LogP contribution in [0.4, 0.5) is 18.9 Å². The summed E-state index contributed by atoms with van der Waals surface area (Å²) in [7, 11) is 0. The van der Waals surface area contributed by atoms with Gasteiger partial charge in [-0.1, -0.05) is 23.5 Å². The number of aromatic nitrogens is 4. The van der Waals surface area contributed by atoms with Gasteiger partial charge in [-0.2, -0.15) is 17.7 Å². The Morgan fingerprint density at radius 1 is 1.33 bits per heavy atom. The summed E-state index contributed by atoms with van der Waals surface area (Å²) in [6.07, 6.45) is -4.71. The summed E-state index contributed by atoms with van der Waals surface area (Å²) < 4.78 is 44.2. The van der Waals surface area contributed by atoms with E-state index in [0.717, 1.165) is 0 Å². The van der Waals surface area contributed by atoms with Gasteiger partial charge in [-0.25, -0.2) is 0 Å². The van der Waals surface area contributed by atoms with Crippen molar-refractivity contribution in [3.8, 4) is 5.75 Å². The molecule has 7 nitrogen and oxygen atoms in total. The number of fused-ring (bicyclic) bond motifs is 1. The molecule has 11 heteroatoms. The molecule has 1 N–H and O–H groups in total. The highest BCUT2D eigenvalue weighted by molar-refractivity contribution is 7.18. The number of ether oxygens (including phenoxy) is 1. The highest BCUT2D eigenvalue weighted by Gasteiger charge is 2.38. The second-order valence-electron chi connectivity index (χ2n) is 4.51. The van der Waals surface area contributed by atoms with Gasteiger partial charge in [0, 0.05) is 0 Å². The largest absolute Gasteiger partial charge is 0.492 e. The van der Waals surface area contributed by atoms with Gasteiger partial charge in [-0.05, 0) is 19.1 Å². The van der Waals surface area contributed by atoms with Crippen LogP contribution in [0.3, 0.4) is 0 Å². The van der Waals surface area contributed by atoms with Crippen molar-refractivity contribution >= 4 is 27.9 Å². The van der Waals surface area contributed by atoms with Gasteiger partial charge in [-0.15, -0.1) is 15.3 Å². The monoisotopic (exact) mass is 357 g/mol. The van der Waals surface area contributed by atoms with E-state index in [1.54, 1.807) is 31.2 Å². The summed E-state index contributed by atoms with van der Waals surface area (Å²) in [5.74, 6) is -1.49. The number of alkyl halides is 3. The summed E-state index contributed by atoms with van der Waals surface area (Å²) in [6, 6.07) is 6.71. The van der Waals surface area contributed by atoms with Crippen molar-refractivity contribution in [3.05, 3.63) is 35.1 Å². The van der Waals surface area contributed by atoms with Crippen molar-refractivity contribution < 1.29 is 22.7 Å². The number of hydrogen-bond donors (Lipinski definition) is 1. The highest BCUT2D eigenvalue weighted by Crippen LogP contribution is 2.29. The Labute approximate surface area is 137 Å². The maximum absolute atomic E-state index is 12.8. The number of carbonyl (C=O) groups excluding carboxylic acids is 1. The second-order valence-corrected chi connectivity index (χ2v) is 5.46. The van der Waals surface area contributed by atoms with Crippen molar-refractivity contribution in [2.45, 2.75) is 13.1 Å². The zero-order valence-corrected chi connectivity index (χ0v) is 13.0. The smallest absolute Gasteiger partial charge is 0.453 e. The number of rotatable bonds is 4. The lowest BCUT2D eigenvalue weighted by molar-refractivity contribution is -0.146. The third kappa shape index (κ3) is 3.02. The summed E-state index contributed by atoms with van der Waals surface area (Å²) in [6.45, 7) is 2.19. The number of nitrogens with zero attached hydrogens (tertiary/aromatic N) is 4. The number of anilines is 1. The van der Waals surface area contributed by atoms with E-state index in [1.807, 2.05) is 0 Å². The van der Waals surface area contributed by atoms with E-state index < -0.39 is 17.9 Å². The lowest BCUT2D eigenvalue weighted by atomic mass is 10.3. The summed E-state index contributed by atoms with van der Waals surface area (Å²) >= 11 is 0.706. The van der Waals surface area contributed by atoms with Crippen LogP contribution in [0.2, 0.25) is 0 Å². The fourth-order valence-electron chi connectivity index (χ4n) is 1.91. The number of benzene rings is 1. The van der Waals surface area contributed by atoms with Crippen molar-refractivity contribution in [1.82, 2.24) is 19.8 Å². The Bertz CT molecular complexity index is 889. The van der Waals surface area contributed by atoms with Crippen molar-refractivity contribution in [3.63, 3.8) is 0 Å². The lowest BCUT2D eigenvalue weighted by Crippen LogP contribution is -2.15. The summed E-state index contributed by atoms with van der Waals surface area (Å²) in [5.41, 5.74) is 0.395. The SMILES string of the molecule is CCOc1ccccc1NC(=O)c1nn2c(C(F)(F)F)nnc2s1. The van der Waals surface area contributed by atoms with E-state index in [1.165, 1.54) is 0 Å². The molecular formula is C13H10F3N5O2S. The minimum atomic E-state index is -4.71. The van der Waals surface area contributed by atoms with E-state index in [2.05, 4.69) is 20.6 Å². The average Bonchev–Trinajstić information content (AvgIpc) is 3.08. The number of amides is 1. The first-order valence-electron chi connectivity index (χ1n) is 6.72. The van der Waals surface area contributed by atoms with Crippen LogP contribution < -0.4 is 10.1 Å². The van der Waals surface area contributed by atoms with Crippen molar-refractivity contribution in [2.75, 3.05) is 11.9 Å². The number of para-hydroxylation sites is 2. The molecule has 1 amide bonds. The predicted octanol–water partition coefficient (Wildman–Crippen LogP) is 2.86. The minimum Gasteiger partial charge on any atom is -0.492 e. The topological polar surface area (TPSA) is 81.4 Å². The van der Waals surface area contributed by atoms with E-state index in [9.17, 15) is 18.0 Å². The molecule has 0 saturated heterocycles. The molecule has 0 fully saturated rings. The van der Waals surface area contributed by atoms with Crippen LogP contribution in [0.25, 0.3) is 4.96 Å². The molecule has 0 saturated carbocycles. The van der Waals surface area contributed by atoms with E-state index in [0.29, 0.717) is 33.9 Å². The molecule has 0 radical (unpaired) electrons. The van der Waals surface area contributed by atoms with Gasteiger partial charge >= 0.3 is 6.18 Å². The van der Waals surface area contributed by atoms with Crippen molar-refractivity contribution in [1.29, 1.82) is 0 Å². The van der Waals surface area contributed by atoms with Gasteiger partial charge in [0.05, 0.1) is 12.3 Å². The van der Waals surface area contributed by atoms with Crippen LogP contribution in [0, 0.1) is 0 Å². The van der Waals surface area contributed by atoms with Gasteiger partial charge in [-0.3, -0.25) is 4.79 Å². The Morgan fingerprint density at radius 2 is 2.08 bits per heavy atom. The molecule has 3 rings (SSSR count). The number of carbonyl (C=O) groups is 1. The maximum atomic E-state index is 12.8. The lowest BCUT2D eigenvalue weighted by Gasteiger charge is -2.09. The van der Waals surface area contributed by atoms with Crippen LogP contribution in [0.15, 0.2) is 24.3 Å². The molecule has 0 atom stereocenters. The molecule has 0 spiro atoms. The second kappa shape index (κ2) is 6.07. The van der Waals surface area contributed by atoms with Gasteiger partial charge in [0.25, 0.3) is 11.7 Å². The van der Waals surface area contributed by atoms with Crippen LogP contribution in [-0.4, -0.2) is 32.3 Å². The van der Waals surface area contributed by atoms with Crippen LogP contribution in [0.1, 0.15) is 22.6 Å². The summed E-state index contributed by atoms with van der Waals surface area (Å²) in [4.78, 5) is 12.1. The first-order chi connectivity index (χ1) is 11.4. The normalized spacial score (nSPS) is 11.7. The Morgan fingerprint density at radius 3 is 2.79 bits per heavy atom. The average molecular weight is 357 g/mol. The Kier molecular flexibility index (Phi) is 4.09. The molecule has 1 aromatic carbocycles. The zero-order valence-electron chi connectivity index (χ0n) is 12.2. The third-order valence-electron chi connectivity index (χ3n) is 2.87. The van der Waals surface area contributed by atoms with Crippen molar-refractivity contribution in [2.24, 2.45) is 0 Å². The van der Waals surface area contributed by atoms with Crippen LogP contribution in [0.5, 0.6) is 5.75 Å². The van der Waals surface area contributed by atoms with Gasteiger partial charge in [0.2, 0.25) is 9.97 Å². The Hall–Kier alpha value is -2.69. The molecule has 0 unspecified atom stereocenters. The highest BCUT2D eigenvalue weighted by atomic mass is 32.1. The molecule has 0 aliphatic rings. The van der Waals surface area contributed by atoms with E-state index in [4.69, 9.17) is 4.74 Å². The fourth-order valence-corrected chi connectivity index (χ4v) is 2.65. The number of halogens is 3. The van der Waals surface area contributed by atoms with Gasteiger partial charge in [0.1, 0.15) is 5.75 Å². The predicted molar refractivity (Wildman–Crippen MR) is 79.2 cm³/mol. The maximum Gasteiger partial charge on any atom is 0.453 e. The van der Waals surface area contributed by atoms with Crippen LogP contribution in [-0.2, 0) is 6.18 Å². The molecule has 2 heterocycles. The first kappa shape index (κ1) is 16.2. The molecule has 2 aromatic heterocycles. The molecule has 0 aliphatic carbocycles. The third-order valence-corrected chi connectivity index (χ3v) is 3.77. The van der Waals surface area contributed by atoms with E-state index in [-0.39, 0.29) is 9.97 Å². The fraction of sp³-hybridized carbons (Fsp3) is 0.231. The zero-order chi connectivity index (χ0) is 17.3. The molecular weight excluding hydrogens is 347 g/mol. The Balaban J connectivity index is 1.89. The molecule has 126 valence electrons. The van der Waals surface area contributed by atoms with Gasteiger partial charge < -0.3 is 10.1 Å². The van der Waals surface area contributed by atoms with Crippen LogP contribution >= 0.6 is 11.3 Å². The number of nitrogens with one attached hydrogen (secondary N) is 1.